The highest BCUT2D eigenvalue weighted by atomic mass is 16.2. The van der Waals surface area contributed by atoms with Crippen LogP contribution in [0.3, 0.4) is 0 Å². The van der Waals surface area contributed by atoms with Crippen LogP contribution in [-0.4, -0.2) is 11.6 Å². The van der Waals surface area contributed by atoms with Crippen LogP contribution < -0.4 is 5.43 Å². The molecule has 0 bridgehead atoms. The molecule has 2 aromatic rings. The van der Waals surface area contributed by atoms with E-state index >= 15 is 0 Å². The molecule has 1 amide bonds. The Morgan fingerprint density at radius 3 is 1.95 bits per heavy atom. The van der Waals surface area contributed by atoms with E-state index in [9.17, 15) is 4.79 Å². The van der Waals surface area contributed by atoms with E-state index in [1.165, 1.54) is 5.56 Å². The molecule has 0 fully saturated rings. The highest BCUT2D eigenvalue weighted by Crippen LogP contribution is 2.01. The fourth-order valence-corrected chi connectivity index (χ4v) is 1.91. The van der Waals surface area contributed by atoms with E-state index in [1.54, 1.807) is 0 Å². The molecule has 0 atom stereocenters. The maximum atomic E-state index is 11.8. The smallest absolute Gasteiger partial charge is 0.244 e. The summed E-state index contributed by atoms with van der Waals surface area (Å²) in [6.07, 6.45) is 1.09. The monoisotopic (exact) mass is 266 g/mol. The maximum Gasteiger partial charge on any atom is 0.244 e. The highest BCUT2D eigenvalue weighted by molar-refractivity contribution is 5.86. The Labute approximate surface area is 119 Å². The molecule has 0 aliphatic carbocycles. The lowest BCUT2D eigenvalue weighted by Gasteiger charge is -2.03. The Morgan fingerprint density at radius 2 is 1.40 bits per heavy atom. The number of rotatable bonds is 5. The van der Waals surface area contributed by atoms with Gasteiger partial charge < -0.3 is 0 Å². The van der Waals surface area contributed by atoms with Crippen molar-refractivity contribution in [1.82, 2.24) is 5.43 Å². The van der Waals surface area contributed by atoms with Crippen molar-refractivity contribution in [2.45, 2.75) is 19.8 Å². The average Bonchev–Trinajstić information content (AvgIpc) is 2.47. The molecule has 0 aliphatic heterocycles. The fraction of sp³-hybridized carbons (Fsp3) is 0.176. The van der Waals surface area contributed by atoms with Crippen LogP contribution in [0.5, 0.6) is 0 Å². The van der Waals surface area contributed by atoms with Crippen LogP contribution in [0.1, 0.15) is 18.1 Å². The van der Waals surface area contributed by atoms with Gasteiger partial charge in [-0.1, -0.05) is 60.7 Å². The summed E-state index contributed by atoms with van der Waals surface area (Å²) in [4.78, 5) is 11.8. The van der Waals surface area contributed by atoms with Crippen molar-refractivity contribution in [2.75, 3.05) is 0 Å². The molecule has 1 N–H and O–H groups in total. The van der Waals surface area contributed by atoms with E-state index in [4.69, 9.17) is 0 Å². The van der Waals surface area contributed by atoms with Crippen molar-refractivity contribution >= 4 is 11.6 Å². The maximum absolute atomic E-state index is 11.8. The number of hydrazone groups is 1. The molecule has 0 aliphatic rings. The van der Waals surface area contributed by atoms with Gasteiger partial charge in [0, 0.05) is 12.1 Å². The highest BCUT2D eigenvalue weighted by Gasteiger charge is 2.02. The number of amides is 1. The Kier molecular flexibility index (Phi) is 5.07. The lowest BCUT2D eigenvalue weighted by atomic mass is 10.1. The predicted octanol–water partition coefficient (Wildman–Crippen LogP) is 2.96. The van der Waals surface area contributed by atoms with Gasteiger partial charge in [-0.15, -0.1) is 0 Å². The van der Waals surface area contributed by atoms with E-state index in [2.05, 4.69) is 10.5 Å². The first-order chi connectivity index (χ1) is 9.74. The first-order valence-corrected chi connectivity index (χ1v) is 6.64. The van der Waals surface area contributed by atoms with Gasteiger partial charge in [-0.2, -0.15) is 5.10 Å². The summed E-state index contributed by atoms with van der Waals surface area (Å²) >= 11 is 0. The first-order valence-electron chi connectivity index (χ1n) is 6.64. The minimum Gasteiger partial charge on any atom is -0.273 e. The lowest BCUT2D eigenvalue weighted by molar-refractivity contribution is -0.120. The van der Waals surface area contributed by atoms with E-state index < -0.39 is 0 Å². The van der Waals surface area contributed by atoms with Gasteiger partial charge in [0.2, 0.25) is 5.91 Å². The predicted molar refractivity (Wildman–Crippen MR) is 81.5 cm³/mol. The van der Waals surface area contributed by atoms with Crippen molar-refractivity contribution in [1.29, 1.82) is 0 Å². The molecule has 20 heavy (non-hydrogen) atoms. The molecule has 0 unspecified atom stereocenters. The second kappa shape index (κ2) is 7.24. The molecular formula is C17H18N2O. The quantitative estimate of drug-likeness (QED) is 0.656. The van der Waals surface area contributed by atoms with Crippen LogP contribution in [0.2, 0.25) is 0 Å². The summed E-state index contributed by atoms with van der Waals surface area (Å²) in [5.74, 6) is -0.0939. The summed E-state index contributed by atoms with van der Waals surface area (Å²) in [5.41, 5.74) is 5.66. The summed E-state index contributed by atoms with van der Waals surface area (Å²) in [6, 6.07) is 19.7. The van der Waals surface area contributed by atoms with Crippen molar-refractivity contribution in [3.8, 4) is 0 Å². The van der Waals surface area contributed by atoms with Crippen molar-refractivity contribution in [2.24, 2.45) is 5.10 Å². The third kappa shape index (κ3) is 4.69. The second-order valence-electron chi connectivity index (χ2n) is 4.71. The number of hydrogen-bond acceptors (Lipinski definition) is 2. The van der Waals surface area contributed by atoms with E-state index in [0.29, 0.717) is 6.42 Å². The largest absolute Gasteiger partial charge is 0.273 e. The third-order valence-electron chi connectivity index (χ3n) is 2.88. The normalized spacial score (nSPS) is 11.2. The molecule has 2 rings (SSSR count). The fourth-order valence-electron chi connectivity index (χ4n) is 1.91. The summed E-state index contributed by atoms with van der Waals surface area (Å²) in [5, 5.41) is 4.13. The number of carbonyl (C=O) groups excluding carboxylic acids is 1. The van der Waals surface area contributed by atoms with Gasteiger partial charge in [-0.05, 0) is 18.1 Å². The Morgan fingerprint density at radius 1 is 0.900 bits per heavy atom. The molecule has 0 spiro atoms. The number of hydrogen-bond donors (Lipinski definition) is 1. The molecule has 3 nitrogen and oxygen atoms in total. The third-order valence-corrected chi connectivity index (χ3v) is 2.88. The van der Waals surface area contributed by atoms with Crippen LogP contribution >= 0.6 is 0 Å². The van der Waals surface area contributed by atoms with E-state index in [-0.39, 0.29) is 5.91 Å². The zero-order valence-electron chi connectivity index (χ0n) is 11.5. The van der Waals surface area contributed by atoms with Crippen LogP contribution in [0.25, 0.3) is 0 Å². The molecule has 0 saturated carbocycles. The molecule has 2 aromatic carbocycles. The second-order valence-corrected chi connectivity index (χ2v) is 4.71. The Balaban J connectivity index is 1.84. The average molecular weight is 266 g/mol. The molecule has 0 aromatic heterocycles. The zero-order valence-corrected chi connectivity index (χ0v) is 11.5. The van der Waals surface area contributed by atoms with Gasteiger partial charge in [-0.3, -0.25) is 4.79 Å². The van der Waals surface area contributed by atoms with Crippen molar-refractivity contribution in [3.05, 3.63) is 71.8 Å². The number of benzene rings is 2. The number of nitrogens with zero attached hydrogens (tertiary/aromatic N) is 1. The Bertz CT molecular complexity index is 576. The molecule has 0 heterocycles. The molecular weight excluding hydrogens is 248 g/mol. The van der Waals surface area contributed by atoms with Gasteiger partial charge in [0.1, 0.15) is 0 Å². The molecule has 3 heteroatoms. The lowest BCUT2D eigenvalue weighted by Crippen LogP contribution is -2.21. The molecule has 102 valence electrons. The van der Waals surface area contributed by atoms with Gasteiger partial charge in [0.25, 0.3) is 0 Å². The van der Waals surface area contributed by atoms with Gasteiger partial charge in [-0.25, -0.2) is 5.43 Å². The standard InChI is InChI=1S/C17H18N2O/c1-14(12-15-8-4-2-5-9-15)18-19-17(20)13-16-10-6-3-7-11-16/h2-11H,12-13H2,1H3,(H,19,20)/b18-14-. The van der Waals surface area contributed by atoms with Gasteiger partial charge in [0.15, 0.2) is 0 Å². The molecule has 0 saturated heterocycles. The van der Waals surface area contributed by atoms with E-state index in [0.717, 1.165) is 17.7 Å². The summed E-state index contributed by atoms with van der Waals surface area (Å²) in [6.45, 7) is 1.91. The van der Waals surface area contributed by atoms with Crippen LogP contribution in [0.15, 0.2) is 65.8 Å². The van der Waals surface area contributed by atoms with Crippen molar-refractivity contribution < 1.29 is 4.79 Å². The zero-order chi connectivity index (χ0) is 14.2. The summed E-state index contributed by atoms with van der Waals surface area (Å²) in [7, 11) is 0. The number of nitrogens with one attached hydrogen (secondary N) is 1. The summed E-state index contributed by atoms with van der Waals surface area (Å²) < 4.78 is 0. The number of carbonyl (C=O) groups is 1. The SMILES string of the molecule is C/C(Cc1ccccc1)=N/NC(=O)Cc1ccccc1. The van der Waals surface area contributed by atoms with Crippen LogP contribution in [-0.2, 0) is 17.6 Å². The van der Waals surface area contributed by atoms with Crippen LogP contribution in [0.4, 0.5) is 0 Å². The van der Waals surface area contributed by atoms with Crippen molar-refractivity contribution in [3.63, 3.8) is 0 Å². The van der Waals surface area contributed by atoms with Crippen LogP contribution in [0, 0.1) is 0 Å². The van der Waals surface area contributed by atoms with Gasteiger partial charge in [0.05, 0.1) is 6.42 Å². The first kappa shape index (κ1) is 14.0. The minimum atomic E-state index is -0.0939. The molecule has 0 radical (unpaired) electrons. The minimum absolute atomic E-state index is 0.0939. The van der Waals surface area contributed by atoms with E-state index in [1.807, 2.05) is 67.6 Å². The topological polar surface area (TPSA) is 41.5 Å². The Hall–Kier alpha value is -2.42. The van der Waals surface area contributed by atoms with Gasteiger partial charge >= 0.3 is 0 Å².